The van der Waals surface area contributed by atoms with Gasteiger partial charge in [-0.15, -0.1) is 0 Å². The maximum Gasteiger partial charge on any atom is 0.162 e. The average Bonchev–Trinajstić information content (AvgIpc) is 2.38. The Labute approximate surface area is 121 Å². The van der Waals surface area contributed by atoms with Crippen molar-refractivity contribution in [3.05, 3.63) is 41.6 Å². The van der Waals surface area contributed by atoms with Crippen LogP contribution in [0.5, 0.6) is 0 Å². The van der Waals surface area contributed by atoms with Gasteiger partial charge in [0.15, 0.2) is 5.82 Å². The summed E-state index contributed by atoms with van der Waals surface area (Å²) in [6, 6.07) is 10.3. The Balaban J connectivity index is 2.58. The number of aromatic nitrogens is 2. The predicted octanol–water partition coefficient (Wildman–Crippen LogP) is 4.18. The van der Waals surface area contributed by atoms with Gasteiger partial charge in [0.1, 0.15) is 5.82 Å². The summed E-state index contributed by atoms with van der Waals surface area (Å²) < 4.78 is 0. The number of nitrogens with one attached hydrogen (secondary N) is 1. The molecular weight excluding hydrogens is 246 g/mol. The number of aryl methyl sites for hydroxylation is 1. The van der Waals surface area contributed by atoms with E-state index in [2.05, 4.69) is 57.1 Å². The molecule has 0 radical (unpaired) electrons. The van der Waals surface area contributed by atoms with Crippen LogP contribution in [0.1, 0.15) is 39.0 Å². The topological polar surface area (TPSA) is 37.8 Å². The van der Waals surface area contributed by atoms with Gasteiger partial charge in [-0.05, 0) is 19.4 Å². The van der Waals surface area contributed by atoms with Gasteiger partial charge in [0.05, 0.1) is 5.69 Å². The molecule has 20 heavy (non-hydrogen) atoms. The van der Waals surface area contributed by atoms with Gasteiger partial charge in [0.25, 0.3) is 0 Å². The maximum atomic E-state index is 4.77. The van der Waals surface area contributed by atoms with Crippen LogP contribution in [0.4, 0.5) is 5.82 Å². The van der Waals surface area contributed by atoms with Gasteiger partial charge >= 0.3 is 0 Å². The molecule has 0 aliphatic heterocycles. The van der Waals surface area contributed by atoms with Gasteiger partial charge < -0.3 is 5.32 Å². The van der Waals surface area contributed by atoms with E-state index in [-0.39, 0.29) is 5.41 Å². The minimum atomic E-state index is 0.00451. The highest BCUT2D eigenvalue weighted by Crippen LogP contribution is 2.27. The van der Waals surface area contributed by atoms with Crippen LogP contribution in [-0.2, 0) is 5.41 Å². The minimum absolute atomic E-state index is 0.00451. The molecule has 2 aromatic rings. The Bertz CT molecular complexity index is 597. The Morgan fingerprint density at radius 2 is 1.80 bits per heavy atom. The second-order valence-electron chi connectivity index (χ2n) is 6.06. The van der Waals surface area contributed by atoms with E-state index in [1.54, 1.807) is 0 Å². The first-order valence-corrected chi connectivity index (χ1v) is 7.11. The molecule has 1 heterocycles. The quantitative estimate of drug-likeness (QED) is 0.908. The van der Waals surface area contributed by atoms with Crippen LogP contribution in [-0.4, -0.2) is 16.5 Å². The van der Waals surface area contributed by atoms with Gasteiger partial charge in [0.2, 0.25) is 0 Å². The number of anilines is 1. The molecule has 0 saturated carbocycles. The molecule has 1 N–H and O–H groups in total. The summed E-state index contributed by atoms with van der Waals surface area (Å²) >= 11 is 0. The molecule has 1 aromatic carbocycles. The fraction of sp³-hybridized carbons (Fsp3) is 0.412. The molecule has 0 saturated heterocycles. The van der Waals surface area contributed by atoms with Crippen molar-refractivity contribution < 1.29 is 0 Å². The molecule has 3 heteroatoms. The van der Waals surface area contributed by atoms with E-state index in [9.17, 15) is 0 Å². The standard InChI is InChI=1S/C17H23N3/c1-6-18-15-11-14(17(3,4)5)19-16(20-15)13-10-8-7-9-12(13)2/h7-11H,6H2,1-5H3,(H,18,19,20). The summed E-state index contributed by atoms with van der Waals surface area (Å²) in [6.07, 6.45) is 0. The van der Waals surface area contributed by atoms with Gasteiger partial charge in [-0.25, -0.2) is 9.97 Å². The number of benzene rings is 1. The lowest BCUT2D eigenvalue weighted by Crippen LogP contribution is -2.16. The third-order valence-electron chi connectivity index (χ3n) is 3.24. The zero-order chi connectivity index (χ0) is 14.8. The zero-order valence-corrected chi connectivity index (χ0v) is 13.0. The van der Waals surface area contributed by atoms with E-state index >= 15 is 0 Å². The first-order chi connectivity index (χ1) is 9.41. The summed E-state index contributed by atoms with van der Waals surface area (Å²) in [6.45, 7) is 11.5. The summed E-state index contributed by atoms with van der Waals surface area (Å²) in [4.78, 5) is 9.41. The van der Waals surface area contributed by atoms with E-state index in [0.717, 1.165) is 29.4 Å². The van der Waals surface area contributed by atoms with Crippen LogP contribution in [0.15, 0.2) is 30.3 Å². The Kier molecular flexibility index (Phi) is 4.07. The highest BCUT2D eigenvalue weighted by atomic mass is 15.0. The van der Waals surface area contributed by atoms with Gasteiger partial charge in [0, 0.05) is 23.6 Å². The summed E-state index contributed by atoms with van der Waals surface area (Å²) in [5, 5.41) is 3.30. The van der Waals surface area contributed by atoms with Crippen molar-refractivity contribution in [1.29, 1.82) is 0 Å². The molecule has 0 spiro atoms. The smallest absolute Gasteiger partial charge is 0.162 e. The summed E-state index contributed by atoms with van der Waals surface area (Å²) in [7, 11) is 0. The molecule has 106 valence electrons. The van der Waals surface area contributed by atoms with Crippen molar-refractivity contribution in [2.45, 2.75) is 40.0 Å². The lowest BCUT2D eigenvalue weighted by atomic mass is 9.91. The van der Waals surface area contributed by atoms with Gasteiger partial charge in [-0.1, -0.05) is 45.0 Å². The molecule has 0 aliphatic rings. The van der Waals surface area contributed by atoms with Crippen LogP contribution >= 0.6 is 0 Å². The second kappa shape index (κ2) is 5.61. The van der Waals surface area contributed by atoms with E-state index in [1.807, 2.05) is 18.2 Å². The third-order valence-corrected chi connectivity index (χ3v) is 3.24. The predicted molar refractivity (Wildman–Crippen MR) is 85.1 cm³/mol. The summed E-state index contributed by atoms with van der Waals surface area (Å²) in [5.74, 6) is 1.69. The van der Waals surface area contributed by atoms with E-state index < -0.39 is 0 Å². The normalized spacial score (nSPS) is 11.4. The second-order valence-corrected chi connectivity index (χ2v) is 6.06. The monoisotopic (exact) mass is 269 g/mol. The molecule has 0 amide bonds. The van der Waals surface area contributed by atoms with Crippen LogP contribution in [0, 0.1) is 6.92 Å². The Morgan fingerprint density at radius 3 is 2.40 bits per heavy atom. The van der Waals surface area contributed by atoms with Crippen molar-refractivity contribution in [3.8, 4) is 11.4 Å². The zero-order valence-electron chi connectivity index (χ0n) is 13.0. The molecule has 3 nitrogen and oxygen atoms in total. The SMILES string of the molecule is CCNc1cc(C(C)(C)C)nc(-c2ccccc2C)n1. The fourth-order valence-corrected chi connectivity index (χ4v) is 2.05. The van der Waals surface area contributed by atoms with Gasteiger partial charge in [-0.3, -0.25) is 0 Å². The van der Waals surface area contributed by atoms with Crippen LogP contribution in [0.3, 0.4) is 0 Å². The molecular formula is C17H23N3. The maximum absolute atomic E-state index is 4.77. The van der Waals surface area contributed by atoms with E-state index in [0.29, 0.717) is 0 Å². The van der Waals surface area contributed by atoms with E-state index in [1.165, 1.54) is 5.56 Å². The number of hydrogen-bond donors (Lipinski definition) is 1. The number of hydrogen-bond acceptors (Lipinski definition) is 3. The lowest BCUT2D eigenvalue weighted by molar-refractivity contribution is 0.568. The Morgan fingerprint density at radius 1 is 1.10 bits per heavy atom. The van der Waals surface area contributed by atoms with Crippen LogP contribution in [0.2, 0.25) is 0 Å². The molecule has 0 aliphatic carbocycles. The number of nitrogens with zero attached hydrogens (tertiary/aromatic N) is 2. The highest BCUT2D eigenvalue weighted by molar-refractivity contribution is 5.62. The lowest BCUT2D eigenvalue weighted by Gasteiger charge is -2.20. The first-order valence-electron chi connectivity index (χ1n) is 7.11. The Hall–Kier alpha value is -1.90. The molecule has 0 fully saturated rings. The van der Waals surface area contributed by atoms with Crippen LogP contribution in [0.25, 0.3) is 11.4 Å². The van der Waals surface area contributed by atoms with Crippen molar-refractivity contribution in [2.24, 2.45) is 0 Å². The minimum Gasteiger partial charge on any atom is -0.370 e. The molecule has 0 bridgehead atoms. The van der Waals surface area contributed by atoms with Gasteiger partial charge in [-0.2, -0.15) is 0 Å². The van der Waals surface area contributed by atoms with Crippen molar-refractivity contribution in [1.82, 2.24) is 9.97 Å². The van der Waals surface area contributed by atoms with E-state index in [4.69, 9.17) is 4.98 Å². The number of rotatable bonds is 3. The van der Waals surface area contributed by atoms with Crippen molar-refractivity contribution in [2.75, 3.05) is 11.9 Å². The largest absolute Gasteiger partial charge is 0.370 e. The van der Waals surface area contributed by atoms with Crippen molar-refractivity contribution >= 4 is 5.82 Å². The average molecular weight is 269 g/mol. The third kappa shape index (κ3) is 3.16. The van der Waals surface area contributed by atoms with Crippen molar-refractivity contribution in [3.63, 3.8) is 0 Å². The first kappa shape index (κ1) is 14.5. The molecule has 1 aromatic heterocycles. The molecule has 2 rings (SSSR count). The highest BCUT2D eigenvalue weighted by Gasteiger charge is 2.18. The molecule has 0 unspecified atom stereocenters. The fourth-order valence-electron chi connectivity index (χ4n) is 2.05. The summed E-state index contributed by atoms with van der Waals surface area (Å²) in [5.41, 5.74) is 3.35. The molecule has 0 atom stereocenters. The van der Waals surface area contributed by atoms with Crippen LogP contribution < -0.4 is 5.32 Å².